The number of hydrogen-bond acceptors (Lipinski definition) is 5. The van der Waals surface area contributed by atoms with E-state index in [-0.39, 0.29) is 12.2 Å². The van der Waals surface area contributed by atoms with Gasteiger partial charge in [0.15, 0.2) is 0 Å². The first-order valence-corrected chi connectivity index (χ1v) is 8.74. The van der Waals surface area contributed by atoms with E-state index in [1.165, 1.54) is 0 Å². The first-order valence-electron chi connectivity index (χ1n) is 8.74. The maximum Gasteiger partial charge on any atom is 0.410 e. The van der Waals surface area contributed by atoms with Gasteiger partial charge in [0.1, 0.15) is 17.4 Å². The highest BCUT2D eigenvalue weighted by Gasteiger charge is 2.30. The maximum atomic E-state index is 12.1. The SMILES string of the molecule is CC(C)(C)OC(=O)N1CC[C@H](OCc2nc(C#N)cc3ccccc23)C1. The molecule has 0 N–H and O–H groups in total. The van der Waals surface area contributed by atoms with Crippen molar-refractivity contribution in [3.05, 3.63) is 41.7 Å². The average molecular weight is 353 g/mol. The van der Waals surface area contributed by atoms with Crippen LogP contribution in [0.25, 0.3) is 10.8 Å². The number of benzene rings is 1. The molecule has 1 fully saturated rings. The van der Waals surface area contributed by atoms with Crippen molar-refractivity contribution in [3.8, 4) is 6.07 Å². The summed E-state index contributed by atoms with van der Waals surface area (Å²) in [6.07, 6.45) is 0.391. The van der Waals surface area contributed by atoms with Gasteiger partial charge in [-0.05, 0) is 38.6 Å². The van der Waals surface area contributed by atoms with Gasteiger partial charge in [-0.1, -0.05) is 24.3 Å². The van der Waals surface area contributed by atoms with Crippen LogP contribution in [0.3, 0.4) is 0 Å². The molecule has 0 bridgehead atoms. The molecule has 0 unspecified atom stereocenters. The third-order valence-corrected chi connectivity index (χ3v) is 4.19. The number of nitriles is 1. The minimum Gasteiger partial charge on any atom is -0.444 e. The minimum absolute atomic E-state index is 0.0613. The number of fused-ring (bicyclic) bond motifs is 1. The average Bonchev–Trinajstić information content (AvgIpc) is 3.07. The van der Waals surface area contributed by atoms with Crippen LogP contribution in [0.15, 0.2) is 30.3 Å². The molecule has 1 saturated heterocycles. The van der Waals surface area contributed by atoms with Gasteiger partial charge in [-0.15, -0.1) is 0 Å². The smallest absolute Gasteiger partial charge is 0.410 e. The van der Waals surface area contributed by atoms with Crippen molar-refractivity contribution < 1.29 is 14.3 Å². The van der Waals surface area contributed by atoms with E-state index in [0.29, 0.717) is 25.4 Å². The monoisotopic (exact) mass is 353 g/mol. The molecule has 0 spiro atoms. The normalized spacial score (nSPS) is 17.3. The van der Waals surface area contributed by atoms with Crippen molar-refractivity contribution >= 4 is 16.9 Å². The predicted octanol–water partition coefficient (Wildman–Crippen LogP) is 3.63. The number of amides is 1. The zero-order chi connectivity index (χ0) is 18.7. The Bertz CT molecular complexity index is 851. The Morgan fingerprint density at radius 3 is 2.88 bits per heavy atom. The second kappa shape index (κ2) is 7.30. The summed E-state index contributed by atoms with van der Waals surface area (Å²) in [5.41, 5.74) is 0.621. The molecule has 6 nitrogen and oxygen atoms in total. The Balaban J connectivity index is 1.65. The fraction of sp³-hybridized carbons (Fsp3) is 0.450. The maximum absolute atomic E-state index is 12.1. The summed E-state index contributed by atoms with van der Waals surface area (Å²) >= 11 is 0. The van der Waals surface area contributed by atoms with Crippen molar-refractivity contribution in [2.45, 2.75) is 45.5 Å². The van der Waals surface area contributed by atoms with Crippen LogP contribution >= 0.6 is 0 Å². The van der Waals surface area contributed by atoms with Crippen LogP contribution in [0, 0.1) is 11.3 Å². The topological polar surface area (TPSA) is 75.4 Å². The lowest BCUT2D eigenvalue weighted by Crippen LogP contribution is -2.36. The Morgan fingerprint density at radius 2 is 2.15 bits per heavy atom. The summed E-state index contributed by atoms with van der Waals surface area (Å²) in [7, 11) is 0. The summed E-state index contributed by atoms with van der Waals surface area (Å²) < 4.78 is 11.4. The van der Waals surface area contributed by atoms with Crippen molar-refractivity contribution in [1.82, 2.24) is 9.88 Å². The highest BCUT2D eigenvalue weighted by atomic mass is 16.6. The lowest BCUT2D eigenvalue weighted by molar-refractivity contribution is 0.0181. The van der Waals surface area contributed by atoms with E-state index >= 15 is 0 Å². The van der Waals surface area contributed by atoms with E-state index in [1.807, 2.05) is 45.0 Å². The molecule has 1 atom stereocenters. The van der Waals surface area contributed by atoms with Gasteiger partial charge in [-0.25, -0.2) is 9.78 Å². The summed E-state index contributed by atoms with van der Waals surface area (Å²) in [6, 6.07) is 11.7. The van der Waals surface area contributed by atoms with E-state index in [9.17, 15) is 10.1 Å². The van der Waals surface area contributed by atoms with Gasteiger partial charge in [-0.3, -0.25) is 0 Å². The highest BCUT2D eigenvalue weighted by Crippen LogP contribution is 2.22. The molecule has 1 amide bonds. The zero-order valence-electron chi connectivity index (χ0n) is 15.4. The van der Waals surface area contributed by atoms with E-state index in [4.69, 9.17) is 9.47 Å². The number of likely N-dealkylation sites (tertiary alicyclic amines) is 1. The molecule has 136 valence electrons. The van der Waals surface area contributed by atoms with Crippen LogP contribution in [0.5, 0.6) is 0 Å². The predicted molar refractivity (Wildman–Crippen MR) is 97.5 cm³/mol. The van der Waals surface area contributed by atoms with Crippen molar-refractivity contribution in [2.24, 2.45) is 0 Å². The standard InChI is InChI=1S/C20H23N3O3/c1-20(2,3)26-19(24)23-9-8-16(12-23)25-13-18-17-7-5-4-6-14(17)10-15(11-21)22-18/h4-7,10,16H,8-9,12-13H2,1-3H3/t16-/m0/s1. The molecule has 0 aliphatic carbocycles. The van der Waals surface area contributed by atoms with E-state index in [2.05, 4.69) is 11.1 Å². The molecule has 3 rings (SSSR count). The number of carbonyl (C=O) groups excluding carboxylic acids is 1. The molecule has 2 heterocycles. The molecule has 6 heteroatoms. The zero-order valence-corrected chi connectivity index (χ0v) is 15.4. The number of nitrogens with zero attached hydrogens (tertiary/aromatic N) is 3. The molecule has 1 aliphatic heterocycles. The molecule has 2 aromatic rings. The highest BCUT2D eigenvalue weighted by molar-refractivity contribution is 5.85. The number of rotatable bonds is 3. The van der Waals surface area contributed by atoms with Gasteiger partial charge in [0.05, 0.1) is 24.9 Å². The summed E-state index contributed by atoms with van der Waals surface area (Å²) in [5, 5.41) is 11.1. The lowest BCUT2D eigenvalue weighted by atomic mass is 10.1. The Hall–Kier alpha value is -2.65. The van der Waals surface area contributed by atoms with E-state index in [0.717, 1.165) is 22.9 Å². The molecule has 1 aromatic heterocycles. The van der Waals surface area contributed by atoms with E-state index < -0.39 is 5.60 Å². The molecule has 26 heavy (non-hydrogen) atoms. The number of hydrogen-bond donors (Lipinski definition) is 0. The minimum atomic E-state index is -0.503. The Labute approximate surface area is 153 Å². The molecular formula is C20H23N3O3. The number of pyridine rings is 1. The van der Waals surface area contributed by atoms with Gasteiger partial charge in [0, 0.05) is 11.9 Å². The second-order valence-electron chi connectivity index (χ2n) is 7.44. The van der Waals surface area contributed by atoms with Crippen LogP contribution < -0.4 is 0 Å². The molecule has 0 radical (unpaired) electrons. The third-order valence-electron chi connectivity index (χ3n) is 4.19. The van der Waals surface area contributed by atoms with Crippen LogP contribution in [0.1, 0.15) is 38.6 Å². The Morgan fingerprint density at radius 1 is 1.38 bits per heavy atom. The summed E-state index contributed by atoms with van der Waals surface area (Å²) in [6.45, 7) is 7.00. The van der Waals surface area contributed by atoms with Crippen LogP contribution in [-0.4, -0.2) is 40.8 Å². The van der Waals surface area contributed by atoms with Crippen molar-refractivity contribution in [2.75, 3.05) is 13.1 Å². The fourth-order valence-electron chi connectivity index (χ4n) is 2.99. The third kappa shape index (κ3) is 4.30. The second-order valence-corrected chi connectivity index (χ2v) is 7.44. The van der Waals surface area contributed by atoms with Crippen molar-refractivity contribution in [1.29, 1.82) is 5.26 Å². The number of ether oxygens (including phenoxy) is 2. The number of carbonyl (C=O) groups is 1. The van der Waals surface area contributed by atoms with Gasteiger partial charge >= 0.3 is 6.09 Å². The van der Waals surface area contributed by atoms with E-state index in [1.54, 1.807) is 11.0 Å². The molecule has 1 aromatic carbocycles. The largest absolute Gasteiger partial charge is 0.444 e. The molecule has 1 aliphatic rings. The van der Waals surface area contributed by atoms with Gasteiger partial charge in [-0.2, -0.15) is 5.26 Å². The van der Waals surface area contributed by atoms with Crippen LogP contribution in [-0.2, 0) is 16.1 Å². The van der Waals surface area contributed by atoms with Gasteiger partial charge in [0.2, 0.25) is 0 Å². The van der Waals surface area contributed by atoms with Gasteiger partial charge in [0.25, 0.3) is 0 Å². The molecule has 0 saturated carbocycles. The van der Waals surface area contributed by atoms with Crippen molar-refractivity contribution in [3.63, 3.8) is 0 Å². The first-order chi connectivity index (χ1) is 12.4. The first kappa shape index (κ1) is 18.2. The lowest BCUT2D eigenvalue weighted by Gasteiger charge is -2.24. The van der Waals surface area contributed by atoms with Gasteiger partial charge < -0.3 is 14.4 Å². The molecular weight excluding hydrogens is 330 g/mol. The number of aromatic nitrogens is 1. The fourth-order valence-corrected chi connectivity index (χ4v) is 2.99. The summed E-state index contributed by atoms with van der Waals surface area (Å²) in [4.78, 5) is 18.2. The summed E-state index contributed by atoms with van der Waals surface area (Å²) in [5.74, 6) is 0. The van der Waals surface area contributed by atoms with Crippen LogP contribution in [0.4, 0.5) is 4.79 Å². The van der Waals surface area contributed by atoms with Crippen LogP contribution in [0.2, 0.25) is 0 Å². The Kier molecular flexibility index (Phi) is 5.10. The quantitative estimate of drug-likeness (QED) is 0.842.